The molecule has 0 spiro atoms. The molecule has 0 fully saturated rings. The summed E-state index contributed by atoms with van der Waals surface area (Å²) in [6, 6.07) is 4.71. The molecule has 6 nitrogen and oxygen atoms in total. The van der Waals surface area contributed by atoms with Gasteiger partial charge in [0, 0.05) is 6.42 Å². The summed E-state index contributed by atoms with van der Waals surface area (Å²) in [4.78, 5) is 33.1. The third kappa shape index (κ3) is 5.95. The van der Waals surface area contributed by atoms with Gasteiger partial charge in [-0.05, 0) is 43.4 Å². The van der Waals surface area contributed by atoms with Crippen LogP contribution in [0.5, 0.6) is 0 Å². The van der Waals surface area contributed by atoms with E-state index in [9.17, 15) is 14.4 Å². The summed E-state index contributed by atoms with van der Waals surface area (Å²) in [7, 11) is 0. The van der Waals surface area contributed by atoms with Gasteiger partial charge in [0.2, 0.25) is 5.91 Å². The molecule has 0 aliphatic rings. The van der Waals surface area contributed by atoms with Gasteiger partial charge in [0.1, 0.15) is 6.04 Å². The van der Waals surface area contributed by atoms with Crippen LogP contribution in [0.2, 0.25) is 0 Å². The first-order valence-corrected chi connectivity index (χ1v) is 7.09. The Hall–Kier alpha value is -2.37. The smallest absolute Gasteiger partial charge is 0.326 e. The lowest BCUT2D eigenvalue weighted by atomic mass is 10.0. The third-order valence-electron chi connectivity index (χ3n) is 3.45. The van der Waals surface area contributed by atoms with E-state index in [-0.39, 0.29) is 6.42 Å². The Balaban J connectivity index is 2.43. The first kappa shape index (κ1) is 17.7. The molecular weight excluding hydrogens is 286 g/mol. The monoisotopic (exact) mass is 307 g/mol. The van der Waals surface area contributed by atoms with Crippen molar-refractivity contribution in [3.63, 3.8) is 0 Å². The zero-order valence-corrected chi connectivity index (χ0v) is 12.8. The number of nitrogens with one attached hydrogen (secondary N) is 1. The SMILES string of the molecule is Cc1ccc(CCCC(=O)NC(CC(=O)O)C(=O)O)cc1C. The number of carboxylic acids is 2. The van der Waals surface area contributed by atoms with E-state index < -0.39 is 30.3 Å². The van der Waals surface area contributed by atoms with Crippen molar-refractivity contribution in [1.82, 2.24) is 5.32 Å². The number of amides is 1. The fraction of sp³-hybridized carbons (Fsp3) is 0.438. The zero-order valence-electron chi connectivity index (χ0n) is 12.8. The molecule has 1 atom stereocenters. The largest absolute Gasteiger partial charge is 0.481 e. The van der Waals surface area contributed by atoms with E-state index in [1.54, 1.807) is 0 Å². The van der Waals surface area contributed by atoms with Gasteiger partial charge in [-0.2, -0.15) is 0 Å². The predicted octanol–water partition coefficient (Wildman–Crippen LogP) is 1.67. The van der Waals surface area contributed by atoms with Crippen molar-refractivity contribution in [3.8, 4) is 0 Å². The molecule has 1 aromatic carbocycles. The van der Waals surface area contributed by atoms with E-state index in [2.05, 4.69) is 11.4 Å². The maximum absolute atomic E-state index is 11.7. The van der Waals surface area contributed by atoms with Crippen LogP contribution in [0.3, 0.4) is 0 Å². The maximum atomic E-state index is 11.7. The highest BCUT2D eigenvalue weighted by atomic mass is 16.4. The second kappa shape index (κ2) is 8.17. The average molecular weight is 307 g/mol. The van der Waals surface area contributed by atoms with Crippen molar-refractivity contribution in [1.29, 1.82) is 0 Å². The Morgan fingerprint density at radius 2 is 1.82 bits per heavy atom. The number of carbonyl (C=O) groups is 3. The quantitative estimate of drug-likeness (QED) is 0.678. The molecule has 1 aromatic rings. The zero-order chi connectivity index (χ0) is 16.7. The molecule has 1 rings (SSSR count). The topological polar surface area (TPSA) is 104 Å². The summed E-state index contributed by atoms with van der Waals surface area (Å²) < 4.78 is 0. The van der Waals surface area contributed by atoms with E-state index in [1.165, 1.54) is 11.1 Å². The van der Waals surface area contributed by atoms with Crippen LogP contribution in [0.15, 0.2) is 18.2 Å². The summed E-state index contributed by atoms with van der Waals surface area (Å²) in [6.45, 7) is 4.05. The molecule has 0 aliphatic carbocycles. The number of aliphatic carboxylic acids is 2. The lowest BCUT2D eigenvalue weighted by molar-refractivity contribution is -0.147. The fourth-order valence-electron chi connectivity index (χ4n) is 2.05. The van der Waals surface area contributed by atoms with Gasteiger partial charge in [-0.3, -0.25) is 9.59 Å². The van der Waals surface area contributed by atoms with Crippen molar-refractivity contribution < 1.29 is 24.6 Å². The van der Waals surface area contributed by atoms with E-state index in [1.807, 2.05) is 26.0 Å². The predicted molar refractivity (Wildman–Crippen MR) is 80.7 cm³/mol. The van der Waals surface area contributed by atoms with E-state index in [0.717, 1.165) is 5.56 Å². The molecule has 0 saturated carbocycles. The molecule has 120 valence electrons. The van der Waals surface area contributed by atoms with Gasteiger partial charge < -0.3 is 15.5 Å². The van der Waals surface area contributed by atoms with E-state index in [0.29, 0.717) is 12.8 Å². The molecule has 1 unspecified atom stereocenters. The molecule has 3 N–H and O–H groups in total. The number of rotatable bonds is 8. The number of carbonyl (C=O) groups excluding carboxylic acids is 1. The van der Waals surface area contributed by atoms with Gasteiger partial charge in [0.05, 0.1) is 6.42 Å². The lowest BCUT2D eigenvalue weighted by Crippen LogP contribution is -2.42. The van der Waals surface area contributed by atoms with Crippen molar-refractivity contribution in [2.75, 3.05) is 0 Å². The summed E-state index contributed by atoms with van der Waals surface area (Å²) in [5.41, 5.74) is 3.52. The van der Waals surface area contributed by atoms with Gasteiger partial charge in [0.15, 0.2) is 0 Å². The average Bonchev–Trinajstić information content (AvgIpc) is 2.41. The number of carboxylic acid groups (broad SMARTS) is 2. The molecule has 0 aliphatic heterocycles. The minimum atomic E-state index is -1.38. The number of aryl methyl sites for hydroxylation is 3. The normalized spacial score (nSPS) is 11.7. The number of hydrogen-bond acceptors (Lipinski definition) is 3. The Labute approximate surface area is 129 Å². The number of hydrogen-bond donors (Lipinski definition) is 3. The minimum absolute atomic E-state index is 0.163. The fourth-order valence-corrected chi connectivity index (χ4v) is 2.05. The lowest BCUT2D eigenvalue weighted by Gasteiger charge is -2.12. The second-order valence-corrected chi connectivity index (χ2v) is 5.33. The van der Waals surface area contributed by atoms with Crippen LogP contribution >= 0.6 is 0 Å². The van der Waals surface area contributed by atoms with Crippen LogP contribution in [-0.4, -0.2) is 34.1 Å². The van der Waals surface area contributed by atoms with Crippen LogP contribution in [-0.2, 0) is 20.8 Å². The van der Waals surface area contributed by atoms with Gasteiger partial charge >= 0.3 is 11.9 Å². The van der Waals surface area contributed by atoms with E-state index in [4.69, 9.17) is 10.2 Å². The molecule has 0 aromatic heterocycles. The molecule has 22 heavy (non-hydrogen) atoms. The van der Waals surface area contributed by atoms with Crippen LogP contribution in [0.1, 0.15) is 36.0 Å². The molecular formula is C16H21NO5. The van der Waals surface area contributed by atoms with Gasteiger partial charge in [-0.25, -0.2) is 4.79 Å². The van der Waals surface area contributed by atoms with Gasteiger partial charge in [-0.15, -0.1) is 0 Å². The van der Waals surface area contributed by atoms with Crippen LogP contribution in [0, 0.1) is 13.8 Å². The van der Waals surface area contributed by atoms with Crippen molar-refractivity contribution in [3.05, 3.63) is 34.9 Å². The maximum Gasteiger partial charge on any atom is 0.326 e. The highest BCUT2D eigenvalue weighted by Gasteiger charge is 2.22. The molecule has 0 radical (unpaired) electrons. The highest BCUT2D eigenvalue weighted by Crippen LogP contribution is 2.12. The van der Waals surface area contributed by atoms with Crippen molar-refractivity contribution in [2.45, 2.75) is 45.6 Å². The van der Waals surface area contributed by atoms with Crippen molar-refractivity contribution in [2.24, 2.45) is 0 Å². The van der Waals surface area contributed by atoms with E-state index >= 15 is 0 Å². The summed E-state index contributed by atoms with van der Waals surface area (Å²) in [6.07, 6.45) is 0.827. The molecule has 1 amide bonds. The van der Waals surface area contributed by atoms with Gasteiger partial charge in [0.25, 0.3) is 0 Å². The third-order valence-corrected chi connectivity index (χ3v) is 3.45. The first-order chi connectivity index (χ1) is 10.3. The van der Waals surface area contributed by atoms with Crippen LogP contribution in [0.4, 0.5) is 0 Å². The molecule has 0 saturated heterocycles. The Morgan fingerprint density at radius 1 is 1.14 bits per heavy atom. The van der Waals surface area contributed by atoms with Crippen LogP contribution < -0.4 is 5.32 Å². The summed E-state index contributed by atoms with van der Waals surface area (Å²) in [5.74, 6) is -3.05. The molecule has 0 heterocycles. The standard InChI is InChI=1S/C16H21NO5/c1-10-6-7-12(8-11(10)2)4-3-5-14(18)17-13(16(21)22)9-15(19)20/h6-8,13H,3-5,9H2,1-2H3,(H,17,18)(H,19,20)(H,21,22). The summed E-state index contributed by atoms with van der Waals surface area (Å²) >= 11 is 0. The van der Waals surface area contributed by atoms with Crippen LogP contribution in [0.25, 0.3) is 0 Å². The number of benzene rings is 1. The van der Waals surface area contributed by atoms with Gasteiger partial charge in [-0.1, -0.05) is 18.2 Å². The Morgan fingerprint density at radius 3 is 2.36 bits per heavy atom. The Bertz CT molecular complexity index is 568. The Kier molecular flexibility index (Phi) is 6.56. The highest BCUT2D eigenvalue weighted by molar-refractivity contribution is 5.86. The van der Waals surface area contributed by atoms with Crippen molar-refractivity contribution >= 4 is 17.8 Å². The second-order valence-electron chi connectivity index (χ2n) is 5.33. The molecule has 6 heteroatoms. The summed E-state index contributed by atoms with van der Waals surface area (Å²) in [5, 5.41) is 19.7. The molecule has 0 bridgehead atoms. The first-order valence-electron chi connectivity index (χ1n) is 7.09. The minimum Gasteiger partial charge on any atom is -0.481 e.